The van der Waals surface area contributed by atoms with Gasteiger partial charge in [0.05, 0.1) is 0 Å². The third-order valence-corrected chi connectivity index (χ3v) is 9.23. The van der Waals surface area contributed by atoms with E-state index >= 15 is 0 Å². The molecule has 0 aliphatic heterocycles. The number of rotatable bonds is 3. The minimum atomic E-state index is 1.23. The highest BCUT2D eigenvalue weighted by molar-refractivity contribution is 6.12. The van der Waals surface area contributed by atoms with Crippen molar-refractivity contribution >= 4 is 53.9 Å². The zero-order chi connectivity index (χ0) is 29.0. The summed E-state index contributed by atoms with van der Waals surface area (Å²) in [5.74, 6) is 0. The van der Waals surface area contributed by atoms with Gasteiger partial charge in [0.2, 0.25) is 0 Å². The van der Waals surface area contributed by atoms with Gasteiger partial charge in [-0.2, -0.15) is 0 Å². The van der Waals surface area contributed by atoms with Crippen molar-refractivity contribution in [1.82, 2.24) is 0 Å². The minimum absolute atomic E-state index is 1.23. The van der Waals surface area contributed by atoms with Crippen LogP contribution in [0.2, 0.25) is 0 Å². The van der Waals surface area contributed by atoms with Crippen LogP contribution in [-0.4, -0.2) is 0 Å². The molecule has 0 aliphatic rings. The van der Waals surface area contributed by atoms with Crippen LogP contribution < -0.4 is 0 Å². The fraction of sp³-hybridized carbons (Fsp3) is 0. The molecule has 0 atom stereocenters. The average Bonchev–Trinajstić information content (AvgIpc) is 3.10. The predicted molar refractivity (Wildman–Crippen MR) is 190 cm³/mol. The SMILES string of the molecule is c1ccc2c(c1)ccc1cc(-c3ccc(-c4ccc5cc(-c6cccc7c6ccc6ccccc67)ccc5c4)cc3)ccc12. The quantitative estimate of drug-likeness (QED) is 0.190. The average molecular weight is 557 g/mol. The van der Waals surface area contributed by atoms with Gasteiger partial charge in [0.15, 0.2) is 0 Å². The number of hydrogen-bond donors (Lipinski definition) is 0. The van der Waals surface area contributed by atoms with Gasteiger partial charge in [-0.1, -0.05) is 152 Å². The molecule has 44 heavy (non-hydrogen) atoms. The Kier molecular flexibility index (Phi) is 5.61. The third-order valence-electron chi connectivity index (χ3n) is 9.23. The lowest BCUT2D eigenvalue weighted by molar-refractivity contribution is 1.61. The molecule has 9 aromatic carbocycles. The maximum atomic E-state index is 2.33. The van der Waals surface area contributed by atoms with E-state index in [1.165, 1.54) is 87.2 Å². The standard InChI is InChI=1S/C44H28/c1-3-8-39-31(6-1)16-20-38-27-34(23-24-42(38)39)30-14-12-29(13-15-30)33-17-18-36-28-37(21-19-35(36)26-33)41-10-5-11-43-40-9-4-2-7-32(40)22-25-44(41)43/h1-28H. The zero-order valence-corrected chi connectivity index (χ0v) is 24.2. The Balaban J connectivity index is 1.04. The zero-order valence-electron chi connectivity index (χ0n) is 24.2. The summed E-state index contributed by atoms with van der Waals surface area (Å²) in [6.07, 6.45) is 0. The molecule has 0 bridgehead atoms. The Labute approximate surface area is 256 Å². The van der Waals surface area contributed by atoms with Gasteiger partial charge in [0.25, 0.3) is 0 Å². The van der Waals surface area contributed by atoms with Crippen LogP contribution in [0.5, 0.6) is 0 Å². The van der Waals surface area contributed by atoms with Gasteiger partial charge < -0.3 is 0 Å². The Hall–Kier alpha value is -5.72. The van der Waals surface area contributed by atoms with Gasteiger partial charge in [-0.05, 0) is 105 Å². The maximum Gasteiger partial charge on any atom is -0.00990 e. The molecule has 204 valence electrons. The summed E-state index contributed by atoms with van der Waals surface area (Å²) in [6, 6.07) is 62.4. The highest BCUT2D eigenvalue weighted by atomic mass is 14.1. The summed E-state index contributed by atoms with van der Waals surface area (Å²) >= 11 is 0. The molecule has 0 fully saturated rings. The summed E-state index contributed by atoms with van der Waals surface area (Å²) in [7, 11) is 0. The van der Waals surface area contributed by atoms with Crippen LogP contribution in [-0.2, 0) is 0 Å². The van der Waals surface area contributed by atoms with Crippen LogP contribution in [0.3, 0.4) is 0 Å². The first kappa shape index (κ1) is 24.8. The van der Waals surface area contributed by atoms with E-state index in [0.717, 1.165) is 0 Å². The second-order valence-corrected chi connectivity index (χ2v) is 11.8. The van der Waals surface area contributed by atoms with Gasteiger partial charge in [-0.25, -0.2) is 0 Å². The molecular weight excluding hydrogens is 528 g/mol. The van der Waals surface area contributed by atoms with E-state index in [0.29, 0.717) is 0 Å². The smallest absolute Gasteiger partial charge is 0.00990 e. The first-order valence-corrected chi connectivity index (χ1v) is 15.3. The second-order valence-electron chi connectivity index (χ2n) is 11.8. The van der Waals surface area contributed by atoms with Crippen molar-refractivity contribution in [2.24, 2.45) is 0 Å². The molecule has 9 aromatic rings. The predicted octanol–water partition coefficient (Wildman–Crippen LogP) is 12.5. The van der Waals surface area contributed by atoms with Gasteiger partial charge in [-0.3, -0.25) is 0 Å². The fourth-order valence-corrected chi connectivity index (χ4v) is 6.93. The van der Waals surface area contributed by atoms with Crippen LogP contribution >= 0.6 is 0 Å². The molecular formula is C44H28. The first-order chi connectivity index (χ1) is 21.8. The molecule has 0 heteroatoms. The van der Waals surface area contributed by atoms with Crippen LogP contribution in [0, 0.1) is 0 Å². The van der Waals surface area contributed by atoms with E-state index in [1.54, 1.807) is 0 Å². The molecule has 0 heterocycles. The summed E-state index contributed by atoms with van der Waals surface area (Å²) < 4.78 is 0. The van der Waals surface area contributed by atoms with Crippen molar-refractivity contribution in [1.29, 1.82) is 0 Å². The van der Waals surface area contributed by atoms with Crippen LogP contribution in [0.4, 0.5) is 0 Å². The summed E-state index contributed by atoms with van der Waals surface area (Å²) in [6.45, 7) is 0. The Bertz CT molecular complexity index is 2530. The molecule has 0 aromatic heterocycles. The van der Waals surface area contributed by atoms with Crippen molar-refractivity contribution in [3.63, 3.8) is 0 Å². The maximum absolute atomic E-state index is 2.33. The lowest BCUT2D eigenvalue weighted by Crippen LogP contribution is -1.85. The monoisotopic (exact) mass is 556 g/mol. The minimum Gasteiger partial charge on any atom is -0.0616 e. The van der Waals surface area contributed by atoms with Crippen LogP contribution in [0.15, 0.2) is 170 Å². The molecule has 9 rings (SSSR count). The van der Waals surface area contributed by atoms with Crippen molar-refractivity contribution in [2.45, 2.75) is 0 Å². The van der Waals surface area contributed by atoms with Gasteiger partial charge in [0.1, 0.15) is 0 Å². The van der Waals surface area contributed by atoms with Gasteiger partial charge in [0, 0.05) is 0 Å². The third kappa shape index (κ3) is 4.07. The number of benzene rings is 9. The van der Waals surface area contributed by atoms with E-state index in [4.69, 9.17) is 0 Å². The van der Waals surface area contributed by atoms with Gasteiger partial charge >= 0.3 is 0 Å². The summed E-state index contributed by atoms with van der Waals surface area (Å²) in [5, 5.41) is 12.9. The van der Waals surface area contributed by atoms with E-state index in [1.807, 2.05) is 0 Å². The molecule has 0 radical (unpaired) electrons. The summed E-state index contributed by atoms with van der Waals surface area (Å²) in [4.78, 5) is 0. The molecule has 0 saturated heterocycles. The van der Waals surface area contributed by atoms with Gasteiger partial charge in [-0.15, -0.1) is 0 Å². The molecule has 0 amide bonds. The Morgan fingerprint density at radius 2 is 0.636 bits per heavy atom. The largest absolute Gasteiger partial charge is 0.0616 e. The lowest BCUT2D eigenvalue weighted by atomic mass is 9.92. The van der Waals surface area contributed by atoms with Crippen molar-refractivity contribution in [3.8, 4) is 33.4 Å². The van der Waals surface area contributed by atoms with Crippen molar-refractivity contribution < 1.29 is 0 Å². The second kappa shape index (κ2) is 9.93. The number of hydrogen-bond acceptors (Lipinski definition) is 0. The Morgan fingerprint density at radius 3 is 1.36 bits per heavy atom. The van der Waals surface area contributed by atoms with Crippen molar-refractivity contribution in [3.05, 3.63) is 170 Å². The van der Waals surface area contributed by atoms with Crippen LogP contribution in [0.1, 0.15) is 0 Å². The molecule has 0 N–H and O–H groups in total. The van der Waals surface area contributed by atoms with E-state index in [-0.39, 0.29) is 0 Å². The highest BCUT2D eigenvalue weighted by Crippen LogP contribution is 2.36. The highest BCUT2D eigenvalue weighted by Gasteiger charge is 2.09. The van der Waals surface area contributed by atoms with Crippen molar-refractivity contribution in [2.75, 3.05) is 0 Å². The van der Waals surface area contributed by atoms with E-state index in [2.05, 4.69) is 170 Å². The van der Waals surface area contributed by atoms with E-state index < -0.39 is 0 Å². The fourth-order valence-electron chi connectivity index (χ4n) is 6.93. The Morgan fingerprint density at radius 1 is 0.205 bits per heavy atom. The normalized spacial score (nSPS) is 11.6. The van der Waals surface area contributed by atoms with E-state index in [9.17, 15) is 0 Å². The molecule has 0 spiro atoms. The topological polar surface area (TPSA) is 0 Å². The van der Waals surface area contributed by atoms with Crippen LogP contribution in [0.25, 0.3) is 87.2 Å². The summed E-state index contributed by atoms with van der Waals surface area (Å²) in [5.41, 5.74) is 7.46. The first-order valence-electron chi connectivity index (χ1n) is 15.3. The molecule has 0 aliphatic carbocycles. The number of fused-ring (bicyclic) bond motifs is 7. The molecule has 0 nitrogen and oxygen atoms in total. The molecule has 0 saturated carbocycles. The molecule has 0 unspecified atom stereocenters. The lowest BCUT2D eigenvalue weighted by Gasteiger charge is -2.11.